The minimum absolute atomic E-state index is 0.0358. The van der Waals surface area contributed by atoms with Crippen molar-refractivity contribution in [2.75, 3.05) is 50.9 Å². The van der Waals surface area contributed by atoms with E-state index in [-0.39, 0.29) is 40.4 Å². The highest BCUT2D eigenvalue weighted by Gasteiger charge is 2.31. The summed E-state index contributed by atoms with van der Waals surface area (Å²) in [4.78, 5) is 25.9. The van der Waals surface area contributed by atoms with Crippen molar-refractivity contribution in [3.05, 3.63) is 17.2 Å². The SMILES string of the molecule is CC(C)(C)OC(=O)N1CCNCCN1c1nc(OC[C@@H]2CCCNC[C@H](F)C2)nc2c(F)c(Cl)ncc12. The van der Waals surface area contributed by atoms with E-state index in [0.29, 0.717) is 39.1 Å². The van der Waals surface area contributed by atoms with Crippen molar-refractivity contribution < 1.29 is 23.0 Å². The number of rotatable bonds is 4. The van der Waals surface area contributed by atoms with Crippen LogP contribution in [0.3, 0.4) is 0 Å². The minimum atomic E-state index is -0.976. The molecule has 2 saturated heterocycles. The third-order valence-electron chi connectivity index (χ3n) is 6.11. The number of alkyl halides is 1. The molecular formula is C24H34ClF2N7O3. The lowest BCUT2D eigenvalue weighted by Gasteiger charge is -2.35. The van der Waals surface area contributed by atoms with Gasteiger partial charge in [-0.1, -0.05) is 11.6 Å². The van der Waals surface area contributed by atoms with Gasteiger partial charge in [-0.05, 0) is 52.5 Å². The van der Waals surface area contributed by atoms with E-state index in [4.69, 9.17) is 21.1 Å². The molecule has 0 spiro atoms. The number of ether oxygens (including phenoxy) is 2. The highest BCUT2D eigenvalue weighted by molar-refractivity contribution is 6.30. The third-order valence-corrected chi connectivity index (χ3v) is 6.37. The number of anilines is 1. The maximum Gasteiger partial charge on any atom is 0.429 e. The Balaban J connectivity index is 1.69. The molecule has 2 atom stereocenters. The van der Waals surface area contributed by atoms with Crippen LogP contribution in [0.15, 0.2) is 6.20 Å². The van der Waals surface area contributed by atoms with Crippen LogP contribution in [-0.2, 0) is 4.74 Å². The van der Waals surface area contributed by atoms with Crippen LogP contribution in [0.5, 0.6) is 6.01 Å². The number of halogens is 3. The molecular weight excluding hydrogens is 508 g/mol. The van der Waals surface area contributed by atoms with Gasteiger partial charge in [0.25, 0.3) is 0 Å². The molecule has 4 rings (SSSR count). The van der Waals surface area contributed by atoms with Crippen molar-refractivity contribution >= 4 is 34.4 Å². The Hall–Kier alpha value is -2.57. The van der Waals surface area contributed by atoms with E-state index in [1.54, 1.807) is 25.8 Å². The maximum absolute atomic E-state index is 15.1. The van der Waals surface area contributed by atoms with Gasteiger partial charge in [0.15, 0.2) is 16.8 Å². The van der Waals surface area contributed by atoms with Crippen molar-refractivity contribution in [2.45, 2.75) is 51.8 Å². The molecule has 0 unspecified atom stereocenters. The van der Waals surface area contributed by atoms with E-state index in [0.717, 1.165) is 19.4 Å². The number of nitrogens with one attached hydrogen (secondary N) is 2. The molecule has 204 valence electrons. The first-order chi connectivity index (χ1) is 17.6. The fraction of sp³-hybridized carbons (Fsp3) is 0.667. The lowest BCUT2D eigenvalue weighted by molar-refractivity contribution is 0.0238. The first-order valence-corrected chi connectivity index (χ1v) is 13.0. The quantitative estimate of drug-likeness (QED) is 0.563. The molecule has 0 bridgehead atoms. The van der Waals surface area contributed by atoms with Gasteiger partial charge in [-0.15, -0.1) is 0 Å². The Morgan fingerprint density at radius 2 is 2.00 bits per heavy atom. The standard InChI is InChI=1S/C24H34ClF2N7O3/c1-24(2,3)37-23(35)34-10-8-28-7-9-33(34)21-17-13-30-20(25)18(27)19(17)31-22(32-21)36-14-15-5-4-6-29-12-16(26)11-15/h13,15-16,28-29H,4-12,14H2,1-3H3/t15-,16-/m1/s1. The van der Waals surface area contributed by atoms with Gasteiger partial charge in [0.05, 0.1) is 25.1 Å². The number of pyridine rings is 1. The smallest absolute Gasteiger partial charge is 0.429 e. The number of amides is 1. The first-order valence-electron chi connectivity index (χ1n) is 12.6. The van der Waals surface area contributed by atoms with Gasteiger partial charge in [0.2, 0.25) is 0 Å². The predicted molar refractivity (Wildman–Crippen MR) is 136 cm³/mol. The number of carbonyl (C=O) groups is 1. The van der Waals surface area contributed by atoms with E-state index >= 15 is 4.39 Å². The van der Waals surface area contributed by atoms with Crippen LogP contribution >= 0.6 is 11.6 Å². The van der Waals surface area contributed by atoms with Crippen LogP contribution < -0.4 is 20.4 Å². The van der Waals surface area contributed by atoms with Crippen LogP contribution in [0.4, 0.5) is 19.4 Å². The van der Waals surface area contributed by atoms with E-state index < -0.39 is 23.7 Å². The highest BCUT2D eigenvalue weighted by Crippen LogP contribution is 2.31. The molecule has 0 aromatic carbocycles. The normalized spacial score (nSPS) is 21.8. The van der Waals surface area contributed by atoms with Gasteiger partial charge in [-0.2, -0.15) is 9.97 Å². The monoisotopic (exact) mass is 541 g/mol. The molecule has 13 heteroatoms. The molecule has 2 aromatic heterocycles. The van der Waals surface area contributed by atoms with Gasteiger partial charge in [0, 0.05) is 25.8 Å². The van der Waals surface area contributed by atoms with Crippen molar-refractivity contribution in [3.8, 4) is 6.01 Å². The predicted octanol–water partition coefficient (Wildman–Crippen LogP) is 3.49. The summed E-state index contributed by atoms with van der Waals surface area (Å²) in [5.74, 6) is -0.612. The summed E-state index contributed by atoms with van der Waals surface area (Å²) < 4.78 is 40.8. The van der Waals surface area contributed by atoms with Crippen LogP contribution in [0.1, 0.15) is 40.0 Å². The summed E-state index contributed by atoms with van der Waals surface area (Å²) in [6.07, 6.45) is 1.86. The van der Waals surface area contributed by atoms with Gasteiger partial charge >= 0.3 is 12.1 Å². The second-order valence-electron chi connectivity index (χ2n) is 10.3. The van der Waals surface area contributed by atoms with Gasteiger partial charge < -0.3 is 20.1 Å². The Labute approximate surface area is 220 Å². The molecule has 2 fully saturated rings. The number of nitrogens with zero attached hydrogens (tertiary/aromatic N) is 5. The summed E-state index contributed by atoms with van der Waals surface area (Å²) in [7, 11) is 0. The van der Waals surface area contributed by atoms with Crippen molar-refractivity contribution in [1.82, 2.24) is 30.6 Å². The van der Waals surface area contributed by atoms with Crippen molar-refractivity contribution in [1.29, 1.82) is 0 Å². The molecule has 0 radical (unpaired) electrons. The average Bonchev–Trinajstić information content (AvgIpc) is 3.08. The van der Waals surface area contributed by atoms with E-state index in [9.17, 15) is 9.18 Å². The molecule has 37 heavy (non-hydrogen) atoms. The van der Waals surface area contributed by atoms with Crippen LogP contribution in [-0.4, -0.2) is 83.7 Å². The topological polar surface area (TPSA) is 105 Å². The van der Waals surface area contributed by atoms with E-state index in [1.165, 1.54) is 11.2 Å². The zero-order valence-corrected chi connectivity index (χ0v) is 22.2. The van der Waals surface area contributed by atoms with E-state index in [2.05, 4.69) is 25.6 Å². The van der Waals surface area contributed by atoms with Crippen molar-refractivity contribution in [3.63, 3.8) is 0 Å². The van der Waals surface area contributed by atoms with Crippen LogP contribution in [0.2, 0.25) is 5.15 Å². The molecule has 2 N–H and O–H groups in total. The third kappa shape index (κ3) is 7.05. The lowest BCUT2D eigenvalue weighted by Crippen LogP contribution is -2.50. The Bertz CT molecular complexity index is 1100. The number of carbonyl (C=O) groups excluding carboxylic acids is 1. The molecule has 0 saturated carbocycles. The zero-order valence-electron chi connectivity index (χ0n) is 21.4. The summed E-state index contributed by atoms with van der Waals surface area (Å²) in [6, 6.07) is -0.0828. The molecule has 4 heterocycles. The minimum Gasteiger partial charge on any atom is -0.463 e. The van der Waals surface area contributed by atoms with Gasteiger partial charge in [-0.3, -0.25) is 5.01 Å². The van der Waals surface area contributed by atoms with E-state index in [1.807, 2.05) is 0 Å². The largest absolute Gasteiger partial charge is 0.463 e. The molecule has 2 aliphatic heterocycles. The Morgan fingerprint density at radius 3 is 2.78 bits per heavy atom. The van der Waals surface area contributed by atoms with Gasteiger partial charge in [0.1, 0.15) is 17.3 Å². The van der Waals surface area contributed by atoms with Crippen LogP contribution in [0, 0.1) is 11.7 Å². The van der Waals surface area contributed by atoms with Crippen LogP contribution in [0.25, 0.3) is 10.9 Å². The number of fused-ring (bicyclic) bond motifs is 1. The Kier molecular flexibility index (Phi) is 8.81. The second-order valence-corrected chi connectivity index (χ2v) is 10.6. The lowest BCUT2D eigenvalue weighted by atomic mass is 9.96. The molecule has 10 nitrogen and oxygen atoms in total. The fourth-order valence-electron chi connectivity index (χ4n) is 4.40. The van der Waals surface area contributed by atoms with Gasteiger partial charge in [-0.25, -0.2) is 23.6 Å². The Morgan fingerprint density at radius 1 is 1.22 bits per heavy atom. The summed E-state index contributed by atoms with van der Waals surface area (Å²) in [5.41, 5.74) is -0.792. The molecule has 1 amide bonds. The summed E-state index contributed by atoms with van der Waals surface area (Å²) >= 11 is 5.96. The molecule has 2 aromatic rings. The van der Waals surface area contributed by atoms with Crippen molar-refractivity contribution in [2.24, 2.45) is 5.92 Å². The number of hydrogen-bond acceptors (Lipinski definition) is 9. The number of hydrogen-bond donors (Lipinski definition) is 2. The summed E-state index contributed by atoms with van der Waals surface area (Å²) in [6.45, 7) is 8.30. The number of hydrazine groups is 1. The average molecular weight is 542 g/mol. The second kappa shape index (κ2) is 11.9. The fourth-order valence-corrected chi connectivity index (χ4v) is 4.54. The highest BCUT2D eigenvalue weighted by atomic mass is 35.5. The maximum atomic E-state index is 15.1. The first kappa shape index (κ1) is 27.5. The zero-order chi connectivity index (χ0) is 26.6. The molecule has 0 aliphatic carbocycles. The molecule has 2 aliphatic rings. The summed E-state index contributed by atoms with van der Waals surface area (Å²) in [5, 5.41) is 9.32. The number of aromatic nitrogens is 3.